The summed E-state index contributed by atoms with van der Waals surface area (Å²) in [6.07, 6.45) is 1.70. The van der Waals surface area contributed by atoms with Crippen molar-refractivity contribution >= 4 is 17.6 Å². The summed E-state index contributed by atoms with van der Waals surface area (Å²) in [7, 11) is 1.95. The third-order valence-corrected chi connectivity index (χ3v) is 4.13. The van der Waals surface area contributed by atoms with Crippen LogP contribution in [0.2, 0.25) is 0 Å². The number of hydrogen-bond acceptors (Lipinski definition) is 4. The minimum absolute atomic E-state index is 0.816. The maximum absolute atomic E-state index is 5.49. The maximum atomic E-state index is 5.49. The summed E-state index contributed by atoms with van der Waals surface area (Å²) in [5.74, 6) is 0.878. The van der Waals surface area contributed by atoms with Crippen molar-refractivity contribution in [3.05, 3.63) is 72.5 Å². The van der Waals surface area contributed by atoms with Crippen molar-refractivity contribution < 1.29 is 4.42 Å². The van der Waals surface area contributed by atoms with Gasteiger partial charge in [0.1, 0.15) is 5.76 Å². The van der Waals surface area contributed by atoms with E-state index in [0.29, 0.717) is 0 Å². The van der Waals surface area contributed by atoms with E-state index < -0.39 is 0 Å². The number of benzene rings is 2. The molecular formula is C18H18N2OS. The Morgan fingerprint density at radius 3 is 2.59 bits per heavy atom. The first-order chi connectivity index (χ1) is 10.9. The Balaban J connectivity index is 1.84. The summed E-state index contributed by atoms with van der Waals surface area (Å²) in [5.41, 5.74) is 3.39. The lowest BCUT2D eigenvalue weighted by atomic mass is 10.1. The zero-order valence-electron chi connectivity index (χ0n) is 12.4. The molecule has 0 atom stereocenters. The molecule has 112 valence electrons. The number of rotatable bonds is 6. The van der Waals surface area contributed by atoms with Crippen molar-refractivity contribution in [1.29, 1.82) is 0 Å². The molecule has 3 aromatic rings. The summed E-state index contributed by atoms with van der Waals surface area (Å²) in [6.45, 7) is 0.816. The highest BCUT2D eigenvalue weighted by Gasteiger charge is 2.07. The SMILES string of the molecule is CNCc1ccc(-c2ccco2)cc1NSc1ccccc1. The lowest BCUT2D eigenvalue weighted by Gasteiger charge is -2.12. The molecule has 3 nitrogen and oxygen atoms in total. The van der Waals surface area contributed by atoms with Crippen LogP contribution in [0.1, 0.15) is 5.56 Å². The van der Waals surface area contributed by atoms with Crippen LogP contribution in [0.25, 0.3) is 11.3 Å². The summed E-state index contributed by atoms with van der Waals surface area (Å²) in [4.78, 5) is 1.18. The van der Waals surface area contributed by atoms with E-state index in [4.69, 9.17) is 4.42 Å². The molecular weight excluding hydrogens is 292 g/mol. The molecule has 0 aliphatic carbocycles. The van der Waals surface area contributed by atoms with E-state index in [1.807, 2.05) is 37.4 Å². The predicted molar refractivity (Wildman–Crippen MR) is 92.8 cm³/mol. The monoisotopic (exact) mass is 310 g/mol. The maximum Gasteiger partial charge on any atom is 0.133 e. The second kappa shape index (κ2) is 7.20. The van der Waals surface area contributed by atoms with Gasteiger partial charge in [0.25, 0.3) is 0 Å². The highest BCUT2D eigenvalue weighted by atomic mass is 32.2. The second-order valence-electron chi connectivity index (χ2n) is 4.90. The zero-order valence-corrected chi connectivity index (χ0v) is 13.2. The van der Waals surface area contributed by atoms with E-state index in [1.165, 1.54) is 10.5 Å². The summed E-state index contributed by atoms with van der Waals surface area (Å²) >= 11 is 1.61. The summed E-state index contributed by atoms with van der Waals surface area (Å²) in [6, 6.07) is 20.5. The Bertz CT molecular complexity index is 711. The third-order valence-electron chi connectivity index (χ3n) is 3.30. The number of anilines is 1. The lowest BCUT2D eigenvalue weighted by molar-refractivity contribution is 0.582. The van der Waals surface area contributed by atoms with Gasteiger partial charge in [-0.2, -0.15) is 0 Å². The molecule has 0 saturated carbocycles. The van der Waals surface area contributed by atoms with E-state index in [2.05, 4.69) is 40.4 Å². The molecule has 0 amide bonds. The molecule has 0 radical (unpaired) electrons. The Kier molecular flexibility index (Phi) is 4.83. The van der Waals surface area contributed by atoms with Gasteiger partial charge in [-0.25, -0.2) is 0 Å². The molecule has 2 aromatic carbocycles. The van der Waals surface area contributed by atoms with Gasteiger partial charge in [0.2, 0.25) is 0 Å². The highest BCUT2D eigenvalue weighted by Crippen LogP contribution is 2.29. The van der Waals surface area contributed by atoms with Crippen molar-refractivity contribution in [2.45, 2.75) is 11.4 Å². The normalized spacial score (nSPS) is 10.6. The fraction of sp³-hybridized carbons (Fsp3) is 0.111. The molecule has 4 heteroatoms. The zero-order chi connectivity index (χ0) is 15.2. The topological polar surface area (TPSA) is 37.2 Å². The van der Waals surface area contributed by atoms with Crippen LogP contribution >= 0.6 is 11.9 Å². The van der Waals surface area contributed by atoms with Gasteiger partial charge in [-0.05, 0) is 54.9 Å². The quantitative estimate of drug-likeness (QED) is 0.642. The highest BCUT2D eigenvalue weighted by molar-refractivity contribution is 8.00. The van der Waals surface area contributed by atoms with Crippen molar-refractivity contribution in [3.63, 3.8) is 0 Å². The van der Waals surface area contributed by atoms with Gasteiger partial charge in [-0.15, -0.1) is 0 Å². The lowest BCUT2D eigenvalue weighted by Crippen LogP contribution is -2.07. The van der Waals surface area contributed by atoms with Crippen molar-refractivity contribution in [1.82, 2.24) is 5.32 Å². The molecule has 2 N–H and O–H groups in total. The first-order valence-electron chi connectivity index (χ1n) is 7.16. The van der Waals surface area contributed by atoms with Crippen LogP contribution in [-0.4, -0.2) is 7.05 Å². The van der Waals surface area contributed by atoms with E-state index in [0.717, 1.165) is 23.6 Å². The van der Waals surface area contributed by atoms with Gasteiger partial charge in [0, 0.05) is 22.7 Å². The van der Waals surface area contributed by atoms with Gasteiger partial charge >= 0.3 is 0 Å². The molecule has 0 fully saturated rings. The minimum Gasteiger partial charge on any atom is -0.464 e. The first kappa shape index (κ1) is 14.8. The van der Waals surface area contributed by atoms with Crippen LogP contribution in [0.5, 0.6) is 0 Å². The Hall–Kier alpha value is -2.17. The van der Waals surface area contributed by atoms with E-state index in [1.54, 1.807) is 18.2 Å². The van der Waals surface area contributed by atoms with E-state index in [9.17, 15) is 0 Å². The molecule has 1 heterocycles. The summed E-state index contributed by atoms with van der Waals surface area (Å²) < 4.78 is 8.94. The van der Waals surface area contributed by atoms with Gasteiger partial charge in [-0.3, -0.25) is 0 Å². The Morgan fingerprint density at radius 1 is 1.00 bits per heavy atom. The molecule has 0 bridgehead atoms. The van der Waals surface area contributed by atoms with Crippen molar-refractivity contribution in [2.24, 2.45) is 0 Å². The average molecular weight is 310 g/mol. The molecule has 22 heavy (non-hydrogen) atoms. The van der Waals surface area contributed by atoms with Crippen LogP contribution < -0.4 is 10.0 Å². The van der Waals surface area contributed by atoms with Crippen LogP contribution in [-0.2, 0) is 6.54 Å². The first-order valence-corrected chi connectivity index (χ1v) is 7.98. The smallest absolute Gasteiger partial charge is 0.133 e. The van der Waals surface area contributed by atoms with Crippen molar-refractivity contribution in [3.8, 4) is 11.3 Å². The second-order valence-corrected chi connectivity index (χ2v) is 5.78. The molecule has 0 aliphatic rings. The van der Waals surface area contributed by atoms with Gasteiger partial charge in [0.05, 0.1) is 6.26 Å². The Morgan fingerprint density at radius 2 is 1.86 bits per heavy atom. The minimum atomic E-state index is 0.816. The third kappa shape index (κ3) is 3.53. The number of nitrogens with one attached hydrogen (secondary N) is 2. The van der Waals surface area contributed by atoms with Gasteiger partial charge in [-0.1, -0.05) is 30.3 Å². The standard InChI is InChI=1S/C18H18N2OS/c1-19-13-15-10-9-14(18-8-5-11-21-18)12-17(15)20-22-16-6-3-2-4-7-16/h2-12,19-20H,13H2,1H3. The van der Waals surface area contributed by atoms with Crippen LogP contribution in [0.15, 0.2) is 76.2 Å². The Labute approximate surface area is 134 Å². The molecule has 0 spiro atoms. The molecule has 1 aromatic heterocycles. The summed E-state index contributed by atoms with van der Waals surface area (Å²) in [5, 5.41) is 3.20. The van der Waals surface area contributed by atoms with E-state index in [-0.39, 0.29) is 0 Å². The fourth-order valence-electron chi connectivity index (χ4n) is 2.21. The van der Waals surface area contributed by atoms with Crippen LogP contribution in [0.3, 0.4) is 0 Å². The largest absolute Gasteiger partial charge is 0.464 e. The van der Waals surface area contributed by atoms with Crippen LogP contribution in [0.4, 0.5) is 5.69 Å². The van der Waals surface area contributed by atoms with Gasteiger partial charge < -0.3 is 14.5 Å². The molecule has 0 saturated heterocycles. The number of furan rings is 1. The van der Waals surface area contributed by atoms with Gasteiger partial charge in [0.15, 0.2) is 0 Å². The number of hydrogen-bond donors (Lipinski definition) is 2. The van der Waals surface area contributed by atoms with Crippen LogP contribution in [0, 0.1) is 0 Å². The van der Waals surface area contributed by atoms with E-state index >= 15 is 0 Å². The molecule has 0 aliphatic heterocycles. The molecule has 3 rings (SSSR count). The predicted octanol–water partition coefficient (Wildman–Crippen LogP) is 4.79. The fourth-order valence-corrected chi connectivity index (χ4v) is 2.93. The van der Waals surface area contributed by atoms with Crippen molar-refractivity contribution in [2.75, 3.05) is 11.8 Å². The molecule has 0 unspecified atom stereocenters. The average Bonchev–Trinajstić information content (AvgIpc) is 3.10.